The summed E-state index contributed by atoms with van der Waals surface area (Å²) in [5, 5.41) is 15.5. The highest BCUT2D eigenvalue weighted by Gasteiger charge is 2.21. The van der Waals surface area contributed by atoms with Crippen LogP contribution in [0.1, 0.15) is 22.5 Å². The van der Waals surface area contributed by atoms with Crippen LogP contribution in [0.15, 0.2) is 36.4 Å². The average Bonchev–Trinajstić information content (AvgIpc) is 3.37. The number of aromatic amines is 1. The van der Waals surface area contributed by atoms with Crippen LogP contribution in [0.4, 0.5) is 17.5 Å². The molecule has 0 spiro atoms. The second-order valence-electron chi connectivity index (χ2n) is 7.98. The fourth-order valence-corrected chi connectivity index (χ4v) is 4.00. The van der Waals surface area contributed by atoms with Crippen LogP contribution in [0, 0.1) is 13.8 Å². The van der Waals surface area contributed by atoms with E-state index in [1.54, 1.807) is 7.11 Å². The Bertz CT molecular complexity index is 1220. The smallest absolute Gasteiger partial charge is 0.163 e. The van der Waals surface area contributed by atoms with E-state index in [0.29, 0.717) is 13.2 Å². The van der Waals surface area contributed by atoms with Gasteiger partial charge < -0.3 is 19.7 Å². The molecule has 1 saturated heterocycles. The molecular formula is C23H27N7O2. The van der Waals surface area contributed by atoms with Crippen LogP contribution >= 0.6 is 0 Å². The van der Waals surface area contributed by atoms with Crippen molar-refractivity contribution >= 4 is 23.1 Å². The zero-order valence-electron chi connectivity index (χ0n) is 18.6. The number of ether oxygens (including phenoxy) is 2. The molecule has 32 heavy (non-hydrogen) atoms. The van der Waals surface area contributed by atoms with Gasteiger partial charge in [0.15, 0.2) is 11.5 Å². The van der Waals surface area contributed by atoms with Gasteiger partial charge in [0.25, 0.3) is 0 Å². The van der Waals surface area contributed by atoms with Crippen LogP contribution in [0.2, 0.25) is 0 Å². The van der Waals surface area contributed by atoms with Gasteiger partial charge in [0, 0.05) is 42.9 Å². The Kier molecular flexibility index (Phi) is 5.40. The number of hydrogen-bond donors (Lipinski definition) is 2. The topological polar surface area (TPSA) is 92.6 Å². The van der Waals surface area contributed by atoms with Crippen molar-refractivity contribution in [3.63, 3.8) is 0 Å². The van der Waals surface area contributed by atoms with Gasteiger partial charge >= 0.3 is 0 Å². The number of aryl methyl sites for hydroxylation is 2. The standard InChI is InChI=1S/C23H27N7O2/c1-15-12-21(27-26-15)24-20-14-22(29-8-10-32-11-9-29)30-23(25-20)19(16(2)28-30)13-17-4-6-18(31-3)7-5-17/h4-7,12,14H,8-11,13H2,1-3H3,(H2,24,25,26,27). The number of anilines is 3. The Morgan fingerprint density at radius 2 is 1.88 bits per heavy atom. The van der Waals surface area contributed by atoms with Gasteiger partial charge in [-0.2, -0.15) is 14.7 Å². The van der Waals surface area contributed by atoms with E-state index in [4.69, 9.17) is 19.6 Å². The first-order chi connectivity index (χ1) is 15.6. The Labute approximate surface area is 186 Å². The van der Waals surface area contributed by atoms with E-state index in [-0.39, 0.29) is 0 Å². The number of aromatic nitrogens is 5. The van der Waals surface area contributed by atoms with E-state index < -0.39 is 0 Å². The summed E-state index contributed by atoms with van der Waals surface area (Å²) in [6.07, 6.45) is 0.736. The highest BCUT2D eigenvalue weighted by Crippen LogP contribution is 2.28. The molecule has 0 aliphatic carbocycles. The van der Waals surface area contributed by atoms with Crippen LogP contribution in [0.25, 0.3) is 5.65 Å². The van der Waals surface area contributed by atoms with Gasteiger partial charge in [-0.1, -0.05) is 12.1 Å². The number of hydrogen-bond acceptors (Lipinski definition) is 7. The fraction of sp³-hybridized carbons (Fsp3) is 0.348. The SMILES string of the molecule is COc1ccc(Cc2c(C)nn3c(N4CCOCC4)cc(Nc4cc(C)[nH]n4)nc23)cc1. The molecule has 166 valence electrons. The quantitative estimate of drug-likeness (QED) is 0.482. The van der Waals surface area contributed by atoms with Crippen molar-refractivity contribution in [2.45, 2.75) is 20.3 Å². The minimum atomic E-state index is 0.699. The maximum absolute atomic E-state index is 5.56. The molecule has 9 heteroatoms. The molecule has 0 unspecified atom stereocenters. The minimum absolute atomic E-state index is 0.699. The van der Waals surface area contributed by atoms with Crippen molar-refractivity contribution in [1.29, 1.82) is 0 Å². The summed E-state index contributed by atoms with van der Waals surface area (Å²) < 4.78 is 12.8. The fourth-order valence-electron chi connectivity index (χ4n) is 4.00. The summed E-state index contributed by atoms with van der Waals surface area (Å²) in [6.45, 7) is 7.04. The van der Waals surface area contributed by atoms with Gasteiger partial charge in [-0.3, -0.25) is 5.10 Å². The summed E-state index contributed by atoms with van der Waals surface area (Å²) >= 11 is 0. The van der Waals surface area contributed by atoms with Crippen molar-refractivity contribution in [3.05, 3.63) is 58.9 Å². The predicted octanol–water partition coefficient (Wildman–Crippen LogP) is 3.25. The lowest BCUT2D eigenvalue weighted by atomic mass is 10.1. The first kappa shape index (κ1) is 20.3. The lowest BCUT2D eigenvalue weighted by Gasteiger charge is -2.29. The molecule has 4 heterocycles. The first-order valence-electron chi connectivity index (χ1n) is 10.7. The molecule has 0 saturated carbocycles. The molecule has 1 fully saturated rings. The molecule has 0 bridgehead atoms. The summed E-state index contributed by atoms with van der Waals surface area (Å²) in [6, 6.07) is 12.1. The average molecular weight is 434 g/mol. The lowest BCUT2D eigenvalue weighted by molar-refractivity contribution is 0.122. The number of benzene rings is 1. The van der Waals surface area contributed by atoms with E-state index in [1.165, 1.54) is 5.56 Å². The largest absolute Gasteiger partial charge is 0.497 e. The van der Waals surface area contributed by atoms with Crippen LogP contribution < -0.4 is 15.0 Å². The molecule has 3 aromatic heterocycles. The summed E-state index contributed by atoms with van der Waals surface area (Å²) in [5.41, 5.74) is 5.08. The normalized spacial score (nSPS) is 14.2. The Balaban J connectivity index is 1.58. The molecule has 0 amide bonds. The molecule has 2 N–H and O–H groups in total. The van der Waals surface area contributed by atoms with Crippen molar-refractivity contribution in [2.24, 2.45) is 0 Å². The molecule has 1 aliphatic heterocycles. The predicted molar refractivity (Wildman–Crippen MR) is 123 cm³/mol. The second kappa shape index (κ2) is 8.51. The number of nitrogens with one attached hydrogen (secondary N) is 2. The Morgan fingerprint density at radius 3 is 2.56 bits per heavy atom. The zero-order valence-corrected chi connectivity index (χ0v) is 18.6. The second-order valence-corrected chi connectivity index (χ2v) is 7.98. The molecule has 1 aliphatic rings. The Morgan fingerprint density at radius 1 is 1.09 bits per heavy atom. The van der Waals surface area contributed by atoms with Gasteiger partial charge in [0.05, 0.1) is 26.0 Å². The van der Waals surface area contributed by atoms with E-state index in [9.17, 15) is 0 Å². The molecular weight excluding hydrogens is 406 g/mol. The van der Waals surface area contributed by atoms with Gasteiger partial charge in [-0.15, -0.1) is 0 Å². The number of fused-ring (bicyclic) bond motifs is 1. The van der Waals surface area contributed by atoms with E-state index >= 15 is 0 Å². The Hall–Kier alpha value is -3.59. The van der Waals surface area contributed by atoms with Crippen LogP contribution in [-0.4, -0.2) is 58.2 Å². The maximum atomic E-state index is 5.56. The third-order valence-electron chi connectivity index (χ3n) is 5.70. The summed E-state index contributed by atoms with van der Waals surface area (Å²) in [5.74, 6) is 3.32. The monoisotopic (exact) mass is 433 g/mol. The van der Waals surface area contributed by atoms with E-state index in [2.05, 4.69) is 32.5 Å². The number of nitrogens with zero attached hydrogens (tertiary/aromatic N) is 5. The highest BCUT2D eigenvalue weighted by molar-refractivity contribution is 5.66. The van der Waals surface area contributed by atoms with Crippen molar-refractivity contribution in [2.75, 3.05) is 43.6 Å². The van der Waals surface area contributed by atoms with Crippen molar-refractivity contribution in [1.82, 2.24) is 24.8 Å². The van der Waals surface area contributed by atoms with Crippen molar-refractivity contribution < 1.29 is 9.47 Å². The zero-order chi connectivity index (χ0) is 22.1. The molecule has 1 aromatic carbocycles. The van der Waals surface area contributed by atoms with E-state index in [1.807, 2.05) is 42.6 Å². The van der Waals surface area contributed by atoms with Gasteiger partial charge in [-0.05, 0) is 31.5 Å². The molecule has 0 atom stereocenters. The molecule has 5 rings (SSSR count). The van der Waals surface area contributed by atoms with Gasteiger partial charge in [0.2, 0.25) is 0 Å². The minimum Gasteiger partial charge on any atom is -0.497 e. The molecule has 9 nitrogen and oxygen atoms in total. The summed E-state index contributed by atoms with van der Waals surface area (Å²) in [7, 11) is 1.68. The van der Waals surface area contributed by atoms with Gasteiger partial charge in [0.1, 0.15) is 17.4 Å². The number of H-pyrrole nitrogens is 1. The number of rotatable bonds is 6. The van der Waals surface area contributed by atoms with Crippen molar-refractivity contribution in [3.8, 4) is 5.75 Å². The third kappa shape index (κ3) is 3.99. The lowest BCUT2D eigenvalue weighted by Crippen LogP contribution is -2.37. The molecule has 4 aromatic rings. The van der Waals surface area contributed by atoms with Crippen LogP contribution in [0.3, 0.4) is 0 Å². The maximum Gasteiger partial charge on any atom is 0.163 e. The highest BCUT2D eigenvalue weighted by atomic mass is 16.5. The molecule has 0 radical (unpaired) electrons. The van der Waals surface area contributed by atoms with Crippen LogP contribution in [-0.2, 0) is 11.2 Å². The summed E-state index contributed by atoms with van der Waals surface area (Å²) in [4.78, 5) is 7.23. The number of methoxy groups -OCH3 is 1. The third-order valence-corrected chi connectivity index (χ3v) is 5.70. The first-order valence-corrected chi connectivity index (χ1v) is 10.7. The number of morpholine rings is 1. The van der Waals surface area contributed by atoms with E-state index in [0.717, 1.165) is 65.3 Å². The van der Waals surface area contributed by atoms with Crippen LogP contribution in [0.5, 0.6) is 5.75 Å². The van der Waals surface area contributed by atoms with Gasteiger partial charge in [-0.25, -0.2) is 4.98 Å².